The molecule has 1 heterocycles. The van der Waals surface area contributed by atoms with E-state index in [0.29, 0.717) is 37.6 Å². The molecule has 1 atom stereocenters. The molecule has 0 saturated heterocycles. The third-order valence-electron chi connectivity index (χ3n) is 4.88. The third kappa shape index (κ3) is 5.30. The molecule has 156 valence electrons. The molecule has 0 aliphatic carbocycles. The summed E-state index contributed by atoms with van der Waals surface area (Å²) in [7, 11) is 3.21. The van der Waals surface area contributed by atoms with Crippen LogP contribution in [-0.4, -0.2) is 50.7 Å². The first-order valence-corrected chi connectivity index (χ1v) is 9.97. The zero-order chi connectivity index (χ0) is 20.7. The molecular weight excluding hydrogens is 358 g/mol. The molecule has 28 heavy (non-hydrogen) atoms. The molecule has 0 spiro atoms. The van der Waals surface area contributed by atoms with Crippen LogP contribution in [-0.2, 0) is 11.2 Å². The molecule has 0 fully saturated rings. The van der Waals surface area contributed by atoms with Gasteiger partial charge in [0.2, 0.25) is 5.91 Å². The van der Waals surface area contributed by atoms with Gasteiger partial charge in [-0.1, -0.05) is 20.8 Å². The molecule has 7 heteroatoms. The average molecular weight is 392 g/mol. The van der Waals surface area contributed by atoms with Gasteiger partial charge in [0.25, 0.3) is 0 Å². The van der Waals surface area contributed by atoms with Crippen molar-refractivity contribution in [3.05, 3.63) is 23.3 Å². The van der Waals surface area contributed by atoms with Crippen molar-refractivity contribution in [3.8, 4) is 11.5 Å². The Morgan fingerprint density at radius 2 is 1.86 bits per heavy atom. The number of nitrogens with zero attached hydrogens (tertiary/aromatic N) is 1. The fourth-order valence-corrected chi connectivity index (χ4v) is 3.48. The minimum absolute atomic E-state index is 0.00323. The van der Waals surface area contributed by atoms with E-state index >= 15 is 0 Å². The number of rotatable bonds is 8. The lowest BCUT2D eigenvalue weighted by atomic mass is 9.91. The van der Waals surface area contributed by atoms with Crippen molar-refractivity contribution in [3.63, 3.8) is 0 Å². The van der Waals surface area contributed by atoms with Crippen LogP contribution in [0.3, 0.4) is 0 Å². The van der Waals surface area contributed by atoms with Crippen molar-refractivity contribution in [1.82, 2.24) is 15.5 Å². The summed E-state index contributed by atoms with van der Waals surface area (Å²) in [5.41, 5.74) is 2.10. The zero-order valence-corrected chi connectivity index (χ0v) is 17.6. The number of nitrogens with one attached hydrogen (secondary N) is 2. The Balaban J connectivity index is 2.31. The van der Waals surface area contributed by atoms with Gasteiger partial charge in [0.1, 0.15) is 0 Å². The van der Waals surface area contributed by atoms with Crippen molar-refractivity contribution in [2.24, 2.45) is 5.92 Å². The molecule has 0 unspecified atom stereocenters. The lowest BCUT2D eigenvalue weighted by Gasteiger charge is -2.38. The van der Waals surface area contributed by atoms with Gasteiger partial charge < -0.3 is 25.0 Å². The maximum atomic E-state index is 12.7. The predicted molar refractivity (Wildman–Crippen MR) is 109 cm³/mol. The summed E-state index contributed by atoms with van der Waals surface area (Å²) in [4.78, 5) is 26.7. The van der Waals surface area contributed by atoms with Crippen molar-refractivity contribution in [1.29, 1.82) is 0 Å². The van der Waals surface area contributed by atoms with Crippen molar-refractivity contribution in [2.75, 3.05) is 33.9 Å². The van der Waals surface area contributed by atoms with Gasteiger partial charge in [-0.25, -0.2) is 4.79 Å². The van der Waals surface area contributed by atoms with E-state index in [2.05, 4.69) is 10.6 Å². The van der Waals surface area contributed by atoms with E-state index < -0.39 is 0 Å². The van der Waals surface area contributed by atoms with Crippen LogP contribution in [0.5, 0.6) is 11.5 Å². The molecule has 0 saturated carbocycles. The van der Waals surface area contributed by atoms with Crippen molar-refractivity contribution in [2.45, 2.75) is 46.1 Å². The predicted octanol–water partition coefficient (Wildman–Crippen LogP) is 2.88. The Morgan fingerprint density at radius 1 is 1.18 bits per heavy atom. The van der Waals surface area contributed by atoms with Gasteiger partial charge in [0, 0.05) is 26.1 Å². The van der Waals surface area contributed by atoms with Crippen LogP contribution in [0.2, 0.25) is 0 Å². The van der Waals surface area contributed by atoms with Crippen molar-refractivity contribution < 1.29 is 19.1 Å². The zero-order valence-electron chi connectivity index (χ0n) is 17.6. The van der Waals surface area contributed by atoms with E-state index in [-0.39, 0.29) is 23.9 Å². The van der Waals surface area contributed by atoms with Crippen LogP contribution < -0.4 is 20.1 Å². The molecule has 0 radical (unpaired) electrons. The molecule has 1 aromatic carbocycles. The van der Waals surface area contributed by atoms with Gasteiger partial charge in [0.05, 0.1) is 20.3 Å². The number of carbonyl (C=O) groups is 2. The maximum Gasteiger partial charge on any atom is 0.317 e. The third-order valence-corrected chi connectivity index (χ3v) is 4.88. The van der Waals surface area contributed by atoms with Crippen LogP contribution >= 0.6 is 0 Å². The molecule has 0 bridgehead atoms. The van der Waals surface area contributed by atoms with E-state index in [9.17, 15) is 9.59 Å². The topological polar surface area (TPSA) is 79.9 Å². The average Bonchev–Trinajstić information content (AvgIpc) is 2.68. The fraction of sp³-hybridized carbons (Fsp3) is 0.619. The summed E-state index contributed by atoms with van der Waals surface area (Å²) in [6, 6.07) is 3.53. The second-order valence-corrected chi connectivity index (χ2v) is 7.50. The van der Waals surface area contributed by atoms with Gasteiger partial charge >= 0.3 is 6.03 Å². The minimum Gasteiger partial charge on any atom is -0.493 e. The van der Waals surface area contributed by atoms with Crippen molar-refractivity contribution >= 4 is 11.9 Å². The Morgan fingerprint density at radius 3 is 2.46 bits per heavy atom. The highest BCUT2D eigenvalue weighted by molar-refractivity contribution is 5.77. The van der Waals surface area contributed by atoms with E-state index in [1.165, 1.54) is 0 Å². The van der Waals surface area contributed by atoms with Crippen LogP contribution in [0, 0.1) is 5.92 Å². The highest BCUT2D eigenvalue weighted by Gasteiger charge is 2.32. The molecule has 1 aromatic rings. The van der Waals surface area contributed by atoms with Crippen LogP contribution in [0.15, 0.2) is 12.1 Å². The number of benzene rings is 1. The summed E-state index contributed by atoms with van der Waals surface area (Å²) < 4.78 is 10.9. The van der Waals surface area contributed by atoms with E-state index in [0.717, 1.165) is 24.0 Å². The fourth-order valence-electron chi connectivity index (χ4n) is 3.48. The first-order chi connectivity index (χ1) is 13.4. The van der Waals surface area contributed by atoms with Crippen LogP contribution in [0.25, 0.3) is 0 Å². The monoisotopic (exact) mass is 391 g/mol. The number of amides is 3. The Bertz CT molecular complexity index is 690. The lowest BCUT2D eigenvalue weighted by Crippen LogP contribution is -2.49. The number of ether oxygens (including phenoxy) is 2. The van der Waals surface area contributed by atoms with Gasteiger partial charge in [-0.15, -0.1) is 0 Å². The summed E-state index contributed by atoms with van der Waals surface area (Å²) in [5.74, 6) is 1.58. The number of hydrogen-bond acceptors (Lipinski definition) is 4. The molecule has 1 aliphatic rings. The second kappa shape index (κ2) is 10.2. The van der Waals surface area contributed by atoms with E-state index in [4.69, 9.17) is 9.47 Å². The SMILES string of the molecule is CCCNC(=O)N1CCc2cc(OC)c(OC)cc2[C@@H]1CNC(=O)CC(C)C. The smallest absolute Gasteiger partial charge is 0.317 e. The highest BCUT2D eigenvalue weighted by Crippen LogP contribution is 2.38. The lowest BCUT2D eigenvalue weighted by molar-refractivity contribution is -0.122. The molecule has 1 aliphatic heterocycles. The summed E-state index contributed by atoms with van der Waals surface area (Å²) in [6.07, 6.45) is 2.07. The molecule has 0 aromatic heterocycles. The highest BCUT2D eigenvalue weighted by atomic mass is 16.5. The number of fused-ring (bicyclic) bond motifs is 1. The Labute approximate surface area is 167 Å². The van der Waals surface area contributed by atoms with Crippen LogP contribution in [0.4, 0.5) is 4.79 Å². The summed E-state index contributed by atoms with van der Waals surface area (Å²) >= 11 is 0. The molecule has 2 N–H and O–H groups in total. The van der Waals surface area contributed by atoms with E-state index in [1.54, 1.807) is 19.1 Å². The first-order valence-electron chi connectivity index (χ1n) is 9.97. The maximum absolute atomic E-state index is 12.7. The first kappa shape index (κ1) is 21.9. The van der Waals surface area contributed by atoms with Crippen LogP contribution in [0.1, 0.15) is 50.8 Å². The quantitative estimate of drug-likeness (QED) is 0.714. The molecule has 2 rings (SSSR count). The molecule has 3 amide bonds. The normalized spacial score (nSPS) is 15.8. The largest absolute Gasteiger partial charge is 0.493 e. The standard InChI is InChI=1S/C21H33N3O4/c1-6-8-22-21(26)24-9-7-15-11-18(27-4)19(28-5)12-16(15)17(24)13-23-20(25)10-14(2)3/h11-12,14,17H,6-10,13H2,1-5H3,(H,22,26)(H,23,25)/t17-/m0/s1. The number of urea groups is 1. The number of hydrogen-bond donors (Lipinski definition) is 2. The van der Waals surface area contributed by atoms with Gasteiger partial charge in [-0.3, -0.25) is 4.79 Å². The second-order valence-electron chi connectivity index (χ2n) is 7.50. The molecular formula is C21H33N3O4. The Hall–Kier alpha value is -2.44. The summed E-state index contributed by atoms with van der Waals surface area (Å²) in [6.45, 7) is 7.62. The van der Waals surface area contributed by atoms with Gasteiger partial charge in [-0.05, 0) is 42.0 Å². The Kier molecular flexibility index (Phi) is 7.96. The number of methoxy groups -OCH3 is 2. The minimum atomic E-state index is -0.253. The van der Waals surface area contributed by atoms with Gasteiger partial charge in [0.15, 0.2) is 11.5 Å². The molecule has 7 nitrogen and oxygen atoms in total. The summed E-state index contributed by atoms with van der Waals surface area (Å²) in [5, 5.41) is 5.95. The van der Waals surface area contributed by atoms with E-state index in [1.807, 2.05) is 32.9 Å². The number of carbonyl (C=O) groups excluding carboxylic acids is 2. The van der Waals surface area contributed by atoms with Gasteiger partial charge in [-0.2, -0.15) is 0 Å².